The molecule has 0 spiro atoms. The Morgan fingerprint density at radius 2 is 1.54 bits per heavy atom. The first-order valence-electron chi connectivity index (χ1n) is 9.45. The van der Waals surface area contributed by atoms with Crippen molar-refractivity contribution in [2.75, 3.05) is 11.4 Å². The van der Waals surface area contributed by atoms with Crippen molar-refractivity contribution in [3.05, 3.63) is 36.4 Å². The Hall–Kier alpha value is -1.67. The standard InChI is InChI=1S/C21H31NO5S/c1-14(2)12-18(23)19(24)13-22(21(3,4)5)17-10-11-20(28(25,26)27)16-9-7-6-8-15(16)17/h6-11,14,18-19,23-24H,12-13H2,1-5H3,(H,25,26,27). The fourth-order valence-electron chi connectivity index (χ4n) is 3.40. The van der Waals surface area contributed by atoms with Crippen LogP contribution in [0.15, 0.2) is 41.3 Å². The predicted molar refractivity (Wildman–Crippen MR) is 112 cm³/mol. The summed E-state index contributed by atoms with van der Waals surface area (Å²) in [7, 11) is -4.37. The van der Waals surface area contributed by atoms with Crippen LogP contribution in [0.2, 0.25) is 0 Å². The van der Waals surface area contributed by atoms with Gasteiger partial charge in [-0.25, -0.2) is 0 Å². The molecule has 156 valence electrons. The van der Waals surface area contributed by atoms with E-state index in [1.54, 1.807) is 30.3 Å². The highest BCUT2D eigenvalue weighted by atomic mass is 32.2. The van der Waals surface area contributed by atoms with Gasteiger partial charge < -0.3 is 15.1 Å². The van der Waals surface area contributed by atoms with Crippen molar-refractivity contribution in [1.29, 1.82) is 0 Å². The van der Waals surface area contributed by atoms with Gasteiger partial charge in [0.25, 0.3) is 10.1 Å². The molecule has 0 saturated heterocycles. The van der Waals surface area contributed by atoms with Gasteiger partial charge in [0, 0.05) is 28.5 Å². The van der Waals surface area contributed by atoms with Crippen LogP contribution in [0.25, 0.3) is 10.8 Å². The van der Waals surface area contributed by atoms with Crippen LogP contribution in [0.5, 0.6) is 0 Å². The van der Waals surface area contributed by atoms with E-state index in [1.807, 2.05) is 39.5 Å². The Kier molecular flexibility index (Phi) is 6.76. The van der Waals surface area contributed by atoms with E-state index in [0.717, 1.165) is 5.69 Å². The monoisotopic (exact) mass is 409 g/mol. The van der Waals surface area contributed by atoms with Crippen LogP contribution >= 0.6 is 0 Å². The Bertz CT molecular complexity index is 918. The van der Waals surface area contributed by atoms with Gasteiger partial charge in [0.15, 0.2) is 0 Å². The van der Waals surface area contributed by atoms with Gasteiger partial charge in [0.1, 0.15) is 4.90 Å². The number of anilines is 1. The summed E-state index contributed by atoms with van der Waals surface area (Å²) in [6.07, 6.45) is -1.32. The van der Waals surface area contributed by atoms with Crippen molar-refractivity contribution >= 4 is 26.6 Å². The van der Waals surface area contributed by atoms with Crippen LogP contribution in [0.1, 0.15) is 41.0 Å². The van der Waals surface area contributed by atoms with E-state index < -0.39 is 27.9 Å². The first-order chi connectivity index (χ1) is 12.8. The Morgan fingerprint density at radius 3 is 2.04 bits per heavy atom. The van der Waals surface area contributed by atoms with Gasteiger partial charge in [-0.2, -0.15) is 8.42 Å². The van der Waals surface area contributed by atoms with Crippen molar-refractivity contribution in [2.24, 2.45) is 5.92 Å². The minimum absolute atomic E-state index is 0.152. The van der Waals surface area contributed by atoms with Crippen molar-refractivity contribution in [3.63, 3.8) is 0 Å². The summed E-state index contributed by atoms with van der Waals surface area (Å²) in [4.78, 5) is 1.80. The summed E-state index contributed by atoms with van der Waals surface area (Å²) < 4.78 is 33.1. The first kappa shape index (κ1) is 22.6. The van der Waals surface area contributed by atoms with E-state index in [0.29, 0.717) is 17.2 Å². The van der Waals surface area contributed by atoms with Gasteiger partial charge in [-0.05, 0) is 45.2 Å². The number of aliphatic hydroxyl groups excluding tert-OH is 2. The maximum Gasteiger partial charge on any atom is 0.295 e. The molecular formula is C21H31NO5S. The van der Waals surface area contributed by atoms with Crippen molar-refractivity contribution in [1.82, 2.24) is 0 Å². The second-order valence-electron chi connectivity index (χ2n) is 8.65. The summed E-state index contributed by atoms with van der Waals surface area (Å²) in [5.41, 5.74) is 0.326. The number of hydrogen-bond acceptors (Lipinski definition) is 5. The SMILES string of the molecule is CC(C)CC(O)C(O)CN(c1ccc(S(=O)(=O)O)c2ccccc12)C(C)(C)C. The van der Waals surface area contributed by atoms with E-state index in [2.05, 4.69) is 0 Å². The average molecular weight is 410 g/mol. The highest BCUT2D eigenvalue weighted by Gasteiger charge is 2.29. The molecule has 0 saturated carbocycles. The second kappa shape index (κ2) is 8.37. The third kappa shape index (κ3) is 5.23. The van der Waals surface area contributed by atoms with Crippen molar-refractivity contribution in [2.45, 2.75) is 63.7 Å². The number of benzene rings is 2. The molecule has 2 aromatic rings. The lowest BCUT2D eigenvalue weighted by atomic mass is 9.97. The highest BCUT2D eigenvalue weighted by molar-refractivity contribution is 7.86. The fourth-order valence-corrected chi connectivity index (χ4v) is 4.09. The number of fused-ring (bicyclic) bond motifs is 1. The van der Waals surface area contributed by atoms with E-state index in [-0.39, 0.29) is 17.4 Å². The van der Waals surface area contributed by atoms with Gasteiger partial charge in [-0.1, -0.05) is 38.1 Å². The maximum absolute atomic E-state index is 11.8. The lowest BCUT2D eigenvalue weighted by Crippen LogP contribution is -2.48. The minimum Gasteiger partial charge on any atom is -0.390 e. The maximum atomic E-state index is 11.8. The lowest BCUT2D eigenvalue weighted by Gasteiger charge is -2.40. The van der Waals surface area contributed by atoms with Gasteiger partial charge in [-0.15, -0.1) is 0 Å². The molecule has 2 atom stereocenters. The zero-order chi connectivity index (χ0) is 21.3. The summed E-state index contributed by atoms with van der Waals surface area (Å²) in [5.74, 6) is 0.252. The Labute approximate surface area is 167 Å². The minimum atomic E-state index is -4.37. The smallest absolute Gasteiger partial charge is 0.295 e. The molecule has 0 amide bonds. The summed E-state index contributed by atoms with van der Waals surface area (Å²) in [6.45, 7) is 10.1. The molecule has 6 nitrogen and oxygen atoms in total. The molecule has 28 heavy (non-hydrogen) atoms. The molecule has 0 aromatic heterocycles. The highest BCUT2D eigenvalue weighted by Crippen LogP contribution is 2.35. The molecule has 3 N–H and O–H groups in total. The van der Waals surface area contributed by atoms with Gasteiger partial charge in [0.2, 0.25) is 0 Å². The van der Waals surface area contributed by atoms with E-state index in [1.165, 1.54) is 6.07 Å². The number of nitrogens with zero attached hydrogens (tertiary/aromatic N) is 1. The van der Waals surface area contributed by atoms with Crippen LogP contribution in [0, 0.1) is 5.92 Å². The number of rotatable bonds is 7. The second-order valence-corrected chi connectivity index (χ2v) is 10.0. The molecule has 0 aliphatic heterocycles. The summed E-state index contributed by atoms with van der Waals surface area (Å²) in [6, 6.07) is 9.96. The molecule has 0 bridgehead atoms. The van der Waals surface area contributed by atoms with Gasteiger partial charge in [-0.3, -0.25) is 4.55 Å². The third-order valence-corrected chi connectivity index (χ3v) is 5.68. The molecule has 2 rings (SSSR count). The normalized spacial score (nSPS) is 15.0. The largest absolute Gasteiger partial charge is 0.390 e. The summed E-state index contributed by atoms with van der Waals surface area (Å²) in [5, 5.41) is 22.0. The van der Waals surface area contributed by atoms with Crippen molar-refractivity contribution < 1.29 is 23.2 Å². The Morgan fingerprint density at radius 1 is 0.964 bits per heavy atom. The molecule has 2 unspecified atom stereocenters. The van der Waals surface area contributed by atoms with Crippen LogP contribution in [0.4, 0.5) is 5.69 Å². The molecule has 0 aliphatic rings. The van der Waals surface area contributed by atoms with E-state index in [9.17, 15) is 23.2 Å². The first-order valence-corrected chi connectivity index (χ1v) is 10.9. The number of aliphatic hydroxyl groups is 2. The number of hydrogen-bond donors (Lipinski definition) is 3. The van der Waals surface area contributed by atoms with Gasteiger partial charge >= 0.3 is 0 Å². The van der Waals surface area contributed by atoms with Crippen LogP contribution in [-0.2, 0) is 10.1 Å². The molecule has 7 heteroatoms. The molecule has 0 aliphatic carbocycles. The topological polar surface area (TPSA) is 98.1 Å². The molecule has 0 radical (unpaired) electrons. The average Bonchev–Trinajstić information content (AvgIpc) is 2.56. The van der Waals surface area contributed by atoms with Crippen LogP contribution < -0.4 is 4.90 Å². The van der Waals surface area contributed by atoms with Crippen LogP contribution in [0.3, 0.4) is 0 Å². The third-order valence-electron chi connectivity index (χ3n) is 4.77. The Balaban J connectivity index is 2.55. The molecule has 0 fully saturated rings. The molecule has 2 aromatic carbocycles. The van der Waals surface area contributed by atoms with Crippen LogP contribution in [-0.4, -0.2) is 47.5 Å². The quantitative estimate of drug-likeness (QED) is 0.606. The molecule has 0 heterocycles. The fraction of sp³-hybridized carbons (Fsp3) is 0.524. The summed E-state index contributed by atoms with van der Waals surface area (Å²) >= 11 is 0. The number of β-amino-alcohol motifs (C(OH)–C–C–N with tert-alkyl or cyclic N) is 1. The lowest BCUT2D eigenvalue weighted by molar-refractivity contribution is 0.0103. The molecular weight excluding hydrogens is 378 g/mol. The van der Waals surface area contributed by atoms with E-state index >= 15 is 0 Å². The zero-order valence-corrected chi connectivity index (χ0v) is 17.9. The van der Waals surface area contributed by atoms with Crippen molar-refractivity contribution in [3.8, 4) is 0 Å². The predicted octanol–water partition coefficient (Wildman–Crippen LogP) is 3.46. The van der Waals surface area contributed by atoms with E-state index in [4.69, 9.17) is 0 Å². The zero-order valence-electron chi connectivity index (χ0n) is 17.1. The van der Waals surface area contributed by atoms with Gasteiger partial charge in [0.05, 0.1) is 12.2 Å².